The van der Waals surface area contributed by atoms with Crippen LogP contribution >= 0.6 is 36.6 Å². The van der Waals surface area contributed by atoms with Crippen LogP contribution in [-0.2, 0) is 11.2 Å². The number of halogens is 2. The summed E-state index contributed by atoms with van der Waals surface area (Å²) in [7, 11) is 0. The number of rotatable bonds is 4. The van der Waals surface area contributed by atoms with Gasteiger partial charge in [-0.2, -0.15) is 0 Å². The number of thioether (sulfide) groups is 1. The van der Waals surface area contributed by atoms with Crippen LogP contribution in [0.2, 0.25) is 0 Å². The molecule has 1 saturated heterocycles. The molecule has 0 bridgehead atoms. The molecule has 2 N–H and O–H groups in total. The molecule has 1 aliphatic heterocycles. The molecule has 5 nitrogen and oxygen atoms in total. The van der Waals surface area contributed by atoms with Crippen molar-refractivity contribution in [1.29, 1.82) is 0 Å². The monoisotopic (exact) mass is 348 g/mol. The van der Waals surface area contributed by atoms with Crippen LogP contribution in [0.3, 0.4) is 0 Å². The summed E-state index contributed by atoms with van der Waals surface area (Å²) in [6.07, 6.45) is 4.74. The normalized spacial score (nSPS) is 17.0. The Morgan fingerprint density at radius 2 is 2.33 bits per heavy atom. The van der Waals surface area contributed by atoms with Crippen LogP contribution in [0.4, 0.5) is 0 Å². The van der Waals surface area contributed by atoms with E-state index in [2.05, 4.69) is 15.6 Å². The van der Waals surface area contributed by atoms with Crippen LogP contribution in [0, 0.1) is 0 Å². The maximum Gasteiger partial charge on any atom is 0.238 e. The highest BCUT2D eigenvalue weighted by atomic mass is 35.5. The van der Waals surface area contributed by atoms with Crippen LogP contribution in [0.15, 0.2) is 30.6 Å². The summed E-state index contributed by atoms with van der Waals surface area (Å²) in [4.78, 5) is 16.3. The van der Waals surface area contributed by atoms with Crippen molar-refractivity contribution < 1.29 is 4.79 Å². The van der Waals surface area contributed by atoms with Gasteiger partial charge >= 0.3 is 0 Å². The highest BCUT2D eigenvalue weighted by molar-refractivity contribution is 7.99. The van der Waals surface area contributed by atoms with Gasteiger partial charge in [0.15, 0.2) is 0 Å². The van der Waals surface area contributed by atoms with Gasteiger partial charge in [0, 0.05) is 37.0 Å². The molecule has 1 amide bonds. The maximum atomic E-state index is 11.8. The fourth-order valence-corrected chi connectivity index (χ4v) is 3.05. The van der Waals surface area contributed by atoms with Crippen molar-refractivity contribution in [3.8, 4) is 0 Å². The minimum Gasteiger partial charge on any atom is -0.354 e. The summed E-state index contributed by atoms with van der Waals surface area (Å²) >= 11 is 1.76. The van der Waals surface area contributed by atoms with E-state index in [0.29, 0.717) is 6.54 Å². The first-order chi connectivity index (χ1) is 9.33. The van der Waals surface area contributed by atoms with Gasteiger partial charge in [0.2, 0.25) is 5.91 Å². The van der Waals surface area contributed by atoms with Gasteiger partial charge in [-0.1, -0.05) is 6.07 Å². The van der Waals surface area contributed by atoms with Crippen molar-refractivity contribution in [3.63, 3.8) is 0 Å². The van der Waals surface area contributed by atoms with Crippen molar-refractivity contribution in [3.05, 3.63) is 36.3 Å². The minimum absolute atomic E-state index is 0. The zero-order valence-electron chi connectivity index (χ0n) is 11.3. The SMILES string of the molecule is Cl.Cl.O=C(NCCc1cn2ccccc2n1)C1CSCN1. The van der Waals surface area contributed by atoms with E-state index in [1.54, 1.807) is 11.8 Å². The van der Waals surface area contributed by atoms with Crippen molar-refractivity contribution in [2.75, 3.05) is 18.2 Å². The first-order valence-corrected chi connectivity index (χ1v) is 7.50. The molecule has 3 heterocycles. The molecule has 1 aliphatic rings. The van der Waals surface area contributed by atoms with E-state index >= 15 is 0 Å². The van der Waals surface area contributed by atoms with Crippen molar-refractivity contribution in [2.24, 2.45) is 0 Å². The molecule has 0 aliphatic carbocycles. The van der Waals surface area contributed by atoms with Gasteiger partial charge in [-0.25, -0.2) is 4.98 Å². The summed E-state index contributed by atoms with van der Waals surface area (Å²) in [5.41, 5.74) is 1.94. The quantitative estimate of drug-likeness (QED) is 0.878. The third-order valence-electron chi connectivity index (χ3n) is 3.13. The Hall–Kier alpha value is -0.950. The maximum absolute atomic E-state index is 11.8. The van der Waals surface area contributed by atoms with Crippen molar-refractivity contribution >= 4 is 48.1 Å². The summed E-state index contributed by atoms with van der Waals surface area (Å²) in [5.74, 6) is 1.82. The second-order valence-electron chi connectivity index (χ2n) is 4.51. The first kappa shape index (κ1) is 18.1. The van der Waals surface area contributed by atoms with E-state index in [4.69, 9.17) is 0 Å². The van der Waals surface area contributed by atoms with Gasteiger partial charge in [-0.05, 0) is 12.1 Å². The van der Waals surface area contributed by atoms with Gasteiger partial charge in [0.25, 0.3) is 0 Å². The van der Waals surface area contributed by atoms with Crippen LogP contribution in [0.5, 0.6) is 0 Å². The van der Waals surface area contributed by atoms with Crippen LogP contribution < -0.4 is 10.6 Å². The molecule has 1 unspecified atom stereocenters. The van der Waals surface area contributed by atoms with Gasteiger partial charge in [-0.15, -0.1) is 36.6 Å². The Morgan fingerprint density at radius 1 is 1.48 bits per heavy atom. The Bertz CT molecular complexity index is 553. The fourth-order valence-electron chi connectivity index (χ4n) is 2.11. The van der Waals surface area contributed by atoms with Gasteiger partial charge in [0.05, 0.1) is 11.7 Å². The summed E-state index contributed by atoms with van der Waals surface area (Å²) in [5, 5.41) is 6.11. The Morgan fingerprint density at radius 3 is 3.05 bits per heavy atom. The molecule has 3 rings (SSSR count). The van der Waals surface area contributed by atoms with E-state index in [1.807, 2.05) is 35.0 Å². The first-order valence-electron chi connectivity index (χ1n) is 6.34. The fraction of sp³-hybridized carbons (Fsp3) is 0.385. The smallest absolute Gasteiger partial charge is 0.238 e. The predicted octanol–water partition coefficient (Wildman–Crippen LogP) is 1.50. The molecule has 2 aromatic rings. The number of hydrogen-bond donors (Lipinski definition) is 2. The van der Waals surface area contributed by atoms with E-state index < -0.39 is 0 Å². The lowest BCUT2D eigenvalue weighted by atomic mass is 10.3. The number of imidazole rings is 1. The molecule has 1 fully saturated rings. The number of fused-ring (bicyclic) bond motifs is 1. The second kappa shape index (κ2) is 8.48. The highest BCUT2D eigenvalue weighted by Crippen LogP contribution is 2.09. The third kappa shape index (κ3) is 4.51. The highest BCUT2D eigenvalue weighted by Gasteiger charge is 2.21. The molecule has 0 saturated carbocycles. The largest absolute Gasteiger partial charge is 0.354 e. The standard InChI is InChI=1S/C13H16N4OS.2ClH/c18-13(11-8-19-9-15-11)14-5-4-10-7-17-6-2-1-3-12(17)16-10;;/h1-3,6-7,11,15H,4-5,8-9H2,(H,14,18);2*1H. The molecule has 21 heavy (non-hydrogen) atoms. The number of nitrogens with zero attached hydrogens (tertiary/aromatic N) is 2. The van der Waals surface area contributed by atoms with Gasteiger partial charge in [0.1, 0.15) is 5.65 Å². The van der Waals surface area contributed by atoms with E-state index in [-0.39, 0.29) is 36.8 Å². The third-order valence-corrected chi connectivity index (χ3v) is 4.07. The molecule has 1 atom stereocenters. The van der Waals surface area contributed by atoms with Crippen molar-refractivity contribution in [2.45, 2.75) is 12.5 Å². The lowest BCUT2D eigenvalue weighted by molar-refractivity contribution is -0.122. The molecule has 116 valence electrons. The summed E-state index contributed by atoms with van der Waals surface area (Å²) in [6.45, 7) is 0.631. The van der Waals surface area contributed by atoms with E-state index in [0.717, 1.165) is 29.4 Å². The molecule has 0 aromatic carbocycles. The Balaban J connectivity index is 0.00000110. The van der Waals surface area contributed by atoms with Crippen LogP contribution in [-0.4, -0.2) is 39.5 Å². The number of aromatic nitrogens is 2. The van der Waals surface area contributed by atoms with E-state index in [9.17, 15) is 4.79 Å². The molecular weight excluding hydrogens is 331 g/mol. The Kier molecular flexibility index (Phi) is 7.31. The van der Waals surface area contributed by atoms with Crippen LogP contribution in [0.1, 0.15) is 5.69 Å². The topological polar surface area (TPSA) is 58.4 Å². The van der Waals surface area contributed by atoms with Gasteiger partial charge in [-0.3, -0.25) is 10.1 Å². The lowest BCUT2D eigenvalue weighted by Crippen LogP contribution is -2.42. The number of carbonyl (C=O) groups excluding carboxylic acids is 1. The molecule has 0 spiro atoms. The lowest BCUT2D eigenvalue weighted by Gasteiger charge is -2.09. The van der Waals surface area contributed by atoms with Gasteiger partial charge < -0.3 is 9.72 Å². The average Bonchev–Trinajstić information content (AvgIpc) is 3.07. The number of hydrogen-bond acceptors (Lipinski definition) is 4. The summed E-state index contributed by atoms with van der Waals surface area (Å²) in [6, 6.07) is 5.88. The predicted molar refractivity (Wildman–Crippen MR) is 90.7 cm³/mol. The average molecular weight is 349 g/mol. The zero-order chi connectivity index (χ0) is 13.1. The number of pyridine rings is 1. The molecule has 2 aromatic heterocycles. The van der Waals surface area contributed by atoms with Crippen LogP contribution in [0.25, 0.3) is 5.65 Å². The number of carbonyl (C=O) groups is 1. The number of amides is 1. The molecule has 8 heteroatoms. The van der Waals surface area contributed by atoms with Crippen molar-refractivity contribution in [1.82, 2.24) is 20.0 Å². The molecular formula is C13H18Cl2N4OS. The summed E-state index contributed by atoms with van der Waals surface area (Å²) < 4.78 is 1.99. The minimum atomic E-state index is -0.0360. The second-order valence-corrected chi connectivity index (χ2v) is 5.54. The van der Waals surface area contributed by atoms with E-state index in [1.165, 1.54) is 0 Å². The number of nitrogens with one attached hydrogen (secondary N) is 2. The zero-order valence-corrected chi connectivity index (χ0v) is 13.8. The Labute approximate surface area is 140 Å². The molecule has 0 radical (unpaired) electrons.